The first-order valence-corrected chi connectivity index (χ1v) is 8.98. The van der Waals surface area contributed by atoms with Crippen molar-refractivity contribution in [2.24, 2.45) is 4.99 Å². The van der Waals surface area contributed by atoms with Crippen molar-refractivity contribution in [3.8, 4) is 0 Å². The van der Waals surface area contributed by atoms with Gasteiger partial charge in [-0.25, -0.2) is 0 Å². The van der Waals surface area contributed by atoms with Crippen molar-refractivity contribution in [3.63, 3.8) is 0 Å². The molecule has 0 spiro atoms. The first-order valence-electron chi connectivity index (χ1n) is 7.37. The standard InChI is InChI=1S/C17H15BrN2O2S/c1-8-9(2)23-15-13(8)14(21)17(22)12(7-19-16(17)20-15)10-4-3-5-11(18)6-10/h3-6,12,22H,7H2,1-2H3,(H,19,20)/t12?,17-/m1/s1. The topological polar surface area (TPSA) is 61.7 Å². The molecule has 0 saturated heterocycles. The van der Waals surface area contributed by atoms with Crippen molar-refractivity contribution < 1.29 is 9.90 Å². The summed E-state index contributed by atoms with van der Waals surface area (Å²) < 4.78 is 0.923. The molecule has 1 unspecified atom stereocenters. The summed E-state index contributed by atoms with van der Waals surface area (Å²) >= 11 is 4.99. The van der Waals surface area contributed by atoms with E-state index in [0.29, 0.717) is 17.9 Å². The molecule has 2 aliphatic heterocycles. The Morgan fingerprint density at radius 1 is 1.43 bits per heavy atom. The van der Waals surface area contributed by atoms with Crippen LogP contribution in [-0.4, -0.2) is 28.9 Å². The zero-order valence-electron chi connectivity index (χ0n) is 12.7. The highest BCUT2D eigenvalue weighted by molar-refractivity contribution is 9.10. The van der Waals surface area contributed by atoms with Gasteiger partial charge >= 0.3 is 0 Å². The first kappa shape index (κ1) is 15.1. The van der Waals surface area contributed by atoms with Gasteiger partial charge in [0, 0.05) is 15.3 Å². The summed E-state index contributed by atoms with van der Waals surface area (Å²) in [6.07, 6.45) is 0. The molecule has 2 aromatic rings. The predicted molar refractivity (Wildman–Crippen MR) is 95.9 cm³/mol. The number of ketones is 1. The number of thiophene rings is 1. The van der Waals surface area contributed by atoms with Gasteiger partial charge < -0.3 is 10.4 Å². The molecule has 6 heteroatoms. The maximum atomic E-state index is 13.1. The van der Waals surface area contributed by atoms with E-state index in [4.69, 9.17) is 0 Å². The third-order valence-corrected chi connectivity index (χ3v) is 6.35. The number of nitrogens with zero attached hydrogens (tertiary/aromatic N) is 1. The van der Waals surface area contributed by atoms with Crippen LogP contribution in [0.1, 0.15) is 32.3 Å². The number of aliphatic imine (C=N–C) groups is 1. The zero-order valence-corrected chi connectivity index (χ0v) is 15.1. The van der Waals surface area contributed by atoms with Crippen LogP contribution in [0.4, 0.5) is 5.00 Å². The monoisotopic (exact) mass is 390 g/mol. The van der Waals surface area contributed by atoms with Gasteiger partial charge in [-0.2, -0.15) is 0 Å². The molecule has 2 N–H and O–H groups in total. The van der Waals surface area contributed by atoms with Crippen LogP contribution in [0, 0.1) is 13.8 Å². The number of carbonyl (C=O) groups excluding carboxylic acids is 1. The fourth-order valence-electron chi connectivity index (χ4n) is 3.36. The SMILES string of the molecule is Cc1sc2c(c1C)C(=O)[C@@]1(O)C(=NCC1c1cccc(Br)c1)N2. The highest BCUT2D eigenvalue weighted by atomic mass is 79.9. The van der Waals surface area contributed by atoms with E-state index >= 15 is 0 Å². The fourth-order valence-corrected chi connectivity index (χ4v) is 4.83. The highest BCUT2D eigenvalue weighted by Gasteiger charge is 2.56. The Morgan fingerprint density at radius 2 is 2.22 bits per heavy atom. The van der Waals surface area contributed by atoms with Crippen LogP contribution in [-0.2, 0) is 0 Å². The maximum absolute atomic E-state index is 13.1. The van der Waals surface area contributed by atoms with Gasteiger partial charge in [0.2, 0.25) is 5.78 Å². The molecule has 3 heterocycles. The number of hydrogen-bond acceptors (Lipinski definition) is 5. The van der Waals surface area contributed by atoms with Gasteiger partial charge in [0.05, 0.1) is 12.1 Å². The van der Waals surface area contributed by atoms with E-state index < -0.39 is 5.60 Å². The van der Waals surface area contributed by atoms with E-state index in [1.165, 1.54) is 11.3 Å². The Bertz CT molecular complexity index is 873. The number of Topliss-reactive ketones (excluding diaryl/α,β-unsaturated/α-hetero) is 1. The molecule has 0 radical (unpaired) electrons. The third kappa shape index (κ3) is 1.98. The van der Waals surface area contributed by atoms with Crippen molar-refractivity contribution in [2.75, 3.05) is 11.9 Å². The third-order valence-electron chi connectivity index (χ3n) is 4.74. The number of fused-ring (bicyclic) bond motifs is 2. The van der Waals surface area contributed by atoms with Gasteiger partial charge in [-0.3, -0.25) is 9.79 Å². The second kappa shape index (κ2) is 5.00. The Balaban J connectivity index is 1.86. The van der Waals surface area contributed by atoms with Gasteiger partial charge in [-0.1, -0.05) is 28.1 Å². The number of aryl methyl sites for hydroxylation is 1. The molecule has 4 rings (SSSR count). The van der Waals surface area contributed by atoms with E-state index in [1.807, 2.05) is 38.1 Å². The molecule has 0 bridgehead atoms. The number of hydrogen-bond donors (Lipinski definition) is 2. The van der Waals surface area contributed by atoms with Crippen molar-refractivity contribution >= 4 is 43.9 Å². The number of anilines is 1. The second-order valence-corrected chi connectivity index (χ2v) is 8.15. The summed E-state index contributed by atoms with van der Waals surface area (Å²) in [6.45, 7) is 4.31. The Labute approximate surface area is 146 Å². The molecule has 23 heavy (non-hydrogen) atoms. The lowest BCUT2D eigenvalue weighted by Gasteiger charge is -2.34. The maximum Gasteiger partial charge on any atom is 0.206 e. The zero-order chi connectivity index (χ0) is 16.4. The van der Waals surface area contributed by atoms with Crippen LogP contribution in [0.15, 0.2) is 33.7 Å². The summed E-state index contributed by atoms with van der Waals surface area (Å²) in [4.78, 5) is 18.7. The van der Waals surface area contributed by atoms with Crippen LogP contribution >= 0.6 is 27.3 Å². The number of nitrogens with one attached hydrogen (secondary N) is 1. The van der Waals surface area contributed by atoms with Gasteiger partial charge in [0.25, 0.3) is 0 Å². The minimum absolute atomic E-state index is 0.241. The molecule has 4 nitrogen and oxygen atoms in total. The molecule has 0 saturated carbocycles. The van der Waals surface area contributed by atoms with E-state index in [9.17, 15) is 9.90 Å². The van der Waals surface area contributed by atoms with Gasteiger partial charge in [-0.05, 0) is 37.1 Å². The Kier molecular flexibility index (Phi) is 3.27. The van der Waals surface area contributed by atoms with Crippen molar-refractivity contribution in [2.45, 2.75) is 25.4 Å². The summed E-state index contributed by atoms with van der Waals surface area (Å²) in [5.41, 5.74) is 0.848. The van der Waals surface area contributed by atoms with Crippen LogP contribution < -0.4 is 5.32 Å². The van der Waals surface area contributed by atoms with E-state index in [1.54, 1.807) is 0 Å². The molecule has 1 aromatic carbocycles. The summed E-state index contributed by atoms with van der Waals surface area (Å²) in [5, 5.41) is 15.3. The van der Waals surface area contributed by atoms with Crippen LogP contribution in [0.3, 0.4) is 0 Å². The molecule has 0 amide bonds. The van der Waals surface area contributed by atoms with Gasteiger partial charge in [0.1, 0.15) is 10.8 Å². The minimum Gasteiger partial charge on any atom is -0.374 e. The normalized spacial score (nSPS) is 25.7. The van der Waals surface area contributed by atoms with E-state index in [0.717, 1.165) is 25.5 Å². The fraction of sp³-hybridized carbons (Fsp3) is 0.294. The van der Waals surface area contributed by atoms with Gasteiger partial charge in [0.15, 0.2) is 5.60 Å². The number of rotatable bonds is 1. The number of halogens is 1. The molecule has 1 aromatic heterocycles. The van der Waals surface area contributed by atoms with Crippen molar-refractivity contribution in [3.05, 3.63) is 50.3 Å². The molecule has 2 atom stereocenters. The van der Waals surface area contributed by atoms with Crippen LogP contribution in [0.2, 0.25) is 0 Å². The minimum atomic E-state index is -1.61. The number of aliphatic hydroxyl groups is 1. The Morgan fingerprint density at radius 3 is 2.96 bits per heavy atom. The van der Waals surface area contributed by atoms with Gasteiger partial charge in [-0.15, -0.1) is 11.3 Å². The quantitative estimate of drug-likeness (QED) is 0.780. The van der Waals surface area contributed by atoms with Crippen molar-refractivity contribution in [1.82, 2.24) is 0 Å². The lowest BCUT2D eigenvalue weighted by molar-refractivity contribution is 0.0535. The van der Waals surface area contributed by atoms with E-state index in [2.05, 4.69) is 26.2 Å². The lowest BCUT2D eigenvalue weighted by atomic mass is 9.76. The molecule has 0 aliphatic carbocycles. The number of amidine groups is 1. The van der Waals surface area contributed by atoms with Crippen LogP contribution in [0.25, 0.3) is 0 Å². The molecular formula is C17H15BrN2O2S. The molecule has 0 fully saturated rings. The lowest BCUT2D eigenvalue weighted by Crippen LogP contribution is -2.54. The Hall–Kier alpha value is -1.50. The molecular weight excluding hydrogens is 376 g/mol. The summed E-state index contributed by atoms with van der Waals surface area (Å²) in [7, 11) is 0. The molecule has 118 valence electrons. The van der Waals surface area contributed by atoms with Crippen LogP contribution in [0.5, 0.6) is 0 Å². The summed E-state index contributed by atoms with van der Waals surface area (Å²) in [5.74, 6) is -0.238. The first-order chi connectivity index (χ1) is 10.9. The predicted octanol–water partition coefficient (Wildman–Crippen LogP) is 3.66. The smallest absolute Gasteiger partial charge is 0.206 e. The summed E-state index contributed by atoms with van der Waals surface area (Å²) in [6, 6.07) is 7.71. The second-order valence-electron chi connectivity index (χ2n) is 6.00. The van der Waals surface area contributed by atoms with E-state index in [-0.39, 0.29) is 11.7 Å². The number of benzene rings is 1. The highest BCUT2D eigenvalue weighted by Crippen LogP contribution is 2.46. The average molecular weight is 391 g/mol. The largest absolute Gasteiger partial charge is 0.374 e. The number of carbonyl (C=O) groups is 1. The molecule has 2 aliphatic rings. The van der Waals surface area contributed by atoms with Crippen molar-refractivity contribution in [1.29, 1.82) is 0 Å². The average Bonchev–Trinajstić information content (AvgIpc) is 2.99.